The molecule has 2 rings (SSSR count). The van der Waals surface area contributed by atoms with E-state index in [1.165, 1.54) is 18.2 Å². The molecule has 0 aliphatic heterocycles. The average molecular weight is 509 g/mol. The van der Waals surface area contributed by atoms with Crippen LogP contribution in [0.5, 0.6) is 0 Å². The molecule has 0 aromatic heterocycles. The third kappa shape index (κ3) is 8.70. The van der Waals surface area contributed by atoms with Gasteiger partial charge in [-0.3, -0.25) is 4.84 Å². The molecule has 2 aromatic rings. The Bertz CT molecular complexity index is 1090. The molecule has 11 heteroatoms. The summed E-state index contributed by atoms with van der Waals surface area (Å²) >= 11 is 0. The molecule has 0 aliphatic carbocycles. The van der Waals surface area contributed by atoms with E-state index in [1.807, 2.05) is 30.3 Å². The number of nitrogen functional groups attached to an aromatic ring is 2. The normalized spacial score (nSPS) is 14.1. The van der Waals surface area contributed by atoms with Gasteiger partial charge in [-0.15, -0.1) is 0 Å². The zero-order chi connectivity index (χ0) is 26.4. The number of rotatable bonds is 10. The van der Waals surface area contributed by atoms with Gasteiger partial charge in [-0.25, -0.2) is 13.2 Å². The topological polar surface area (TPSA) is 157 Å². The second-order valence-corrected chi connectivity index (χ2v) is 11.3. The van der Waals surface area contributed by atoms with Crippen LogP contribution in [0.1, 0.15) is 40.2 Å². The molecular formula is C24H36N4O6S. The van der Waals surface area contributed by atoms with E-state index in [1.54, 1.807) is 34.6 Å². The Morgan fingerprint density at radius 1 is 1.09 bits per heavy atom. The van der Waals surface area contributed by atoms with Crippen LogP contribution in [-0.4, -0.2) is 54.5 Å². The number of carbonyl (C=O) groups is 1. The highest BCUT2D eigenvalue weighted by Crippen LogP contribution is 2.24. The minimum atomic E-state index is -4.22. The maximum Gasteiger partial charge on any atom is 0.407 e. The third-order valence-electron chi connectivity index (χ3n) is 4.75. The van der Waals surface area contributed by atoms with Gasteiger partial charge in [-0.1, -0.05) is 34.8 Å². The maximum absolute atomic E-state index is 13.3. The lowest BCUT2D eigenvalue weighted by atomic mass is 10.0. The highest BCUT2D eigenvalue weighted by molar-refractivity contribution is 7.89. The van der Waals surface area contributed by atoms with Crippen LogP contribution in [0.15, 0.2) is 53.4 Å². The molecule has 0 bridgehead atoms. The van der Waals surface area contributed by atoms with Gasteiger partial charge in [-0.2, -0.15) is 0 Å². The van der Waals surface area contributed by atoms with E-state index in [2.05, 4.69) is 5.32 Å². The highest BCUT2D eigenvalue weighted by atomic mass is 32.2. The Kier molecular flexibility index (Phi) is 9.50. The van der Waals surface area contributed by atoms with Crippen molar-refractivity contribution in [1.29, 1.82) is 0 Å². The lowest BCUT2D eigenvalue weighted by Gasteiger charge is -2.30. The lowest BCUT2D eigenvalue weighted by Crippen LogP contribution is -2.51. The first-order valence-electron chi connectivity index (χ1n) is 11.2. The number of hydroxylamine groups is 1. The minimum Gasteiger partial charge on any atom is -0.444 e. The summed E-state index contributed by atoms with van der Waals surface area (Å²) in [5, 5.41) is 13.8. The van der Waals surface area contributed by atoms with Gasteiger partial charge in [0.15, 0.2) is 0 Å². The van der Waals surface area contributed by atoms with Crippen LogP contribution in [0.3, 0.4) is 0 Å². The van der Waals surface area contributed by atoms with Crippen LogP contribution < -0.4 is 16.8 Å². The van der Waals surface area contributed by atoms with Crippen molar-refractivity contribution in [2.45, 2.75) is 69.8 Å². The highest BCUT2D eigenvalue weighted by Gasteiger charge is 2.33. The van der Waals surface area contributed by atoms with Crippen molar-refractivity contribution in [2.75, 3.05) is 18.0 Å². The molecule has 0 aliphatic rings. The first-order chi connectivity index (χ1) is 16.2. The number of nitrogens with two attached hydrogens (primary N) is 2. The molecule has 1 amide bonds. The molecule has 6 N–H and O–H groups in total. The van der Waals surface area contributed by atoms with Gasteiger partial charge >= 0.3 is 6.09 Å². The van der Waals surface area contributed by atoms with Crippen LogP contribution in [0, 0.1) is 0 Å². The summed E-state index contributed by atoms with van der Waals surface area (Å²) in [6.07, 6.45) is -2.37. The number of anilines is 2. The van der Waals surface area contributed by atoms with Crippen LogP contribution in [0.4, 0.5) is 16.2 Å². The van der Waals surface area contributed by atoms with Gasteiger partial charge in [0.05, 0.1) is 41.1 Å². The number of alkyl carbamates (subject to hydrolysis) is 1. The summed E-state index contributed by atoms with van der Waals surface area (Å²) in [5.74, 6) is 0. The summed E-state index contributed by atoms with van der Waals surface area (Å²) < 4.78 is 32.7. The van der Waals surface area contributed by atoms with E-state index in [0.29, 0.717) is 4.47 Å². The Hall–Kier alpha value is -2.86. The fourth-order valence-corrected chi connectivity index (χ4v) is 4.54. The summed E-state index contributed by atoms with van der Waals surface area (Å²) in [6.45, 7) is 8.02. The van der Waals surface area contributed by atoms with Gasteiger partial charge in [-0.05, 0) is 64.8 Å². The molecule has 0 radical (unpaired) electrons. The predicted molar refractivity (Wildman–Crippen MR) is 135 cm³/mol. The lowest BCUT2D eigenvalue weighted by molar-refractivity contribution is -0.136. The molecule has 194 valence electrons. The van der Waals surface area contributed by atoms with Crippen molar-refractivity contribution in [3.05, 3.63) is 54.1 Å². The minimum absolute atomic E-state index is 0.102. The van der Waals surface area contributed by atoms with Crippen molar-refractivity contribution in [3.63, 3.8) is 0 Å². The van der Waals surface area contributed by atoms with Crippen molar-refractivity contribution >= 4 is 27.5 Å². The maximum atomic E-state index is 13.3. The number of hydrogen-bond donors (Lipinski definition) is 4. The SMILES string of the molecule is CC(C)ON(CC(O)C(Cc1ccccc1)NC(=O)OC(C)(C)C)S(=O)(=O)c1ccc(N)c(N)c1. The zero-order valence-corrected chi connectivity index (χ0v) is 21.6. The summed E-state index contributed by atoms with van der Waals surface area (Å²) in [4.78, 5) is 17.9. The standard InChI is InChI=1S/C24H36N4O6S/c1-16(2)34-28(35(31,32)18-11-12-19(25)20(26)14-18)15-22(29)21(13-17-9-7-6-8-10-17)27-23(30)33-24(3,4)5/h6-12,14,16,21-22,29H,13,15,25-26H2,1-5H3,(H,27,30). The van der Waals surface area contributed by atoms with E-state index in [4.69, 9.17) is 21.0 Å². The van der Waals surface area contributed by atoms with Crippen LogP contribution >= 0.6 is 0 Å². The van der Waals surface area contributed by atoms with Gasteiger partial charge in [0, 0.05) is 0 Å². The molecule has 0 spiro atoms. The van der Waals surface area contributed by atoms with E-state index in [0.717, 1.165) is 5.56 Å². The Morgan fingerprint density at radius 3 is 2.26 bits per heavy atom. The van der Waals surface area contributed by atoms with Crippen molar-refractivity contribution in [3.8, 4) is 0 Å². The van der Waals surface area contributed by atoms with E-state index in [9.17, 15) is 18.3 Å². The number of aliphatic hydroxyl groups is 1. The molecule has 0 heterocycles. The molecule has 2 atom stereocenters. The Morgan fingerprint density at radius 2 is 1.71 bits per heavy atom. The molecule has 0 saturated heterocycles. The molecule has 0 fully saturated rings. The third-order valence-corrected chi connectivity index (χ3v) is 6.37. The number of nitrogens with zero attached hydrogens (tertiary/aromatic N) is 1. The number of carbonyl (C=O) groups excluding carboxylic acids is 1. The van der Waals surface area contributed by atoms with E-state index in [-0.39, 0.29) is 22.7 Å². The van der Waals surface area contributed by atoms with Crippen molar-refractivity contribution in [2.24, 2.45) is 0 Å². The zero-order valence-electron chi connectivity index (χ0n) is 20.8. The summed E-state index contributed by atoms with van der Waals surface area (Å²) in [6, 6.07) is 12.2. The van der Waals surface area contributed by atoms with Gasteiger partial charge < -0.3 is 26.6 Å². The predicted octanol–water partition coefficient (Wildman–Crippen LogP) is 2.68. The fourth-order valence-electron chi connectivity index (χ4n) is 3.15. The molecule has 2 unspecified atom stereocenters. The average Bonchev–Trinajstić information content (AvgIpc) is 2.73. The van der Waals surface area contributed by atoms with E-state index >= 15 is 0 Å². The number of amides is 1. The number of sulfonamides is 1. The monoisotopic (exact) mass is 508 g/mol. The fraction of sp³-hybridized carbons (Fsp3) is 0.458. The molecule has 2 aromatic carbocycles. The summed E-state index contributed by atoms with van der Waals surface area (Å²) in [5.41, 5.74) is 11.9. The number of hydrogen-bond acceptors (Lipinski definition) is 8. The number of nitrogens with one attached hydrogen (secondary N) is 1. The second kappa shape index (κ2) is 11.7. The quantitative estimate of drug-likeness (QED) is 0.282. The first kappa shape index (κ1) is 28.4. The van der Waals surface area contributed by atoms with Crippen LogP contribution in [0.2, 0.25) is 0 Å². The molecular weight excluding hydrogens is 472 g/mol. The number of benzene rings is 2. The van der Waals surface area contributed by atoms with Crippen molar-refractivity contribution in [1.82, 2.24) is 9.79 Å². The molecule has 10 nitrogen and oxygen atoms in total. The van der Waals surface area contributed by atoms with Gasteiger partial charge in [0.25, 0.3) is 10.0 Å². The largest absolute Gasteiger partial charge is 0.444 e. The second-order valence-electron chi connectivity index (χ2n) is 9.45. The van der Waals surface area contributed by atoms with Crippen LogP contribution in [-0.2, 0) is 26.0 Å². The van der Waals surface area contributed by atoms with Crippen LogP contribution in [0.25, 0.3) is 0 Å². The van der Waals surface area contributed by atoms with Gasteiger partial charge in [0.2, 0.25) is 0 Å². The van der Waals surface area contributed by atoms with Crippen molar-refractivity contribution < 1.29 is 27.9 Å². The molecule has 35 heavy (non-hydrogen) atoms. The first-order valence-corrected chi connectivity index (χ1v) is 12.7. The Balaban J connectivity index is 2.34. The summed E-state index contributed by atoms with van der Waals surface area (Å²) in [7, 11) is -4.22. The molecule has 0 saturated carbocycles. The smallest absolute Gasteiger partial charge is 0.407 e. The van der Waals surface area contributed by atoms with Gasteiger partial charge in [0.1, 0.15) is 5.60 Å². The number of aliphatic hydroxyl groups excluding tert-OH is 1. The Labute approximate surface area is 207 Å². The van der Waals surface area contributed by atoms with E-state index < -0.39 is 46.5 Å². The number of ether oxygens (including phenoxy) is 1.